The molecule has 0 aliphatic carbocycles. The minimum absolute atomic E-state index is 0.0808. The number of anilines is 1. The fourth-order valence-electron chi connectivity index (χ4n) is 3.84. The van der Waals surface area contributed by atoms with Crippen molar-refractivity contribution >= 4 is 22.9 Å². The van der Waals surface area contributed by atoms with Gasteiger partial charge in [0.15, 0.2) is 5.65 Å². The van der Waals surface area contributed by atoms with Crippen molar-refractivity contribution < 1.29 is 4.74 Å². The van der Waals surface area contributed by atoms with Crippen LogP contribution in [0.4, 0.5) is 5.95 Å². The molecule has 1 aliphatic heterocycles. The van der Waals surface area contributed by atoms with Gasteiger partial charge in [-0.2, -0.15) is 15.0 Å². The van der Waals surface area contributed by atoms with Crippen LogP contribution in [0.1, 0.15) is 11.1 Å². The lowest BCUT2D eigenvalue weighted by molar-refractivity contribution is 0.122. The van der Waals surface area contributed by atoms with Crippen molar-refractivity contribution in [3.63, 3.8) is 0 Å². The summed E-state index contributed by atoms with van der Waals surface area (Å²) in [5.41, 5.74) is 1.11. The standard InChI is InChI=1S/C22H16N6O2S/c23-13-16-19(18-7-4-12-31-18)17(14-24)21(29)28-20(16)27(15-5-2-1-3-6-15)22(25-28)26-8-10-30-11-9-26/h1-7,12H,8-11H2. The second-order valence-electron chi connectivity index (χ2n) is 6.94. The largest absolute Gasteiger partial charge is 0.378 e. The normalized spacial score (nSPS) is 13.8. The van der Waals surface area contributed by atoms with Gasteiger partial charge in [0.2, 0.25) is 5.95 Å². The van der Waals surface area contributed by atoms with Gasteiger partial charge in [0.05, 0.1) is 18.9 Å². The molecule has 31 heavy (non-hydrogen) atoms. The first-order valence-electron chi connectivity index (χ1n) is 9.68. The Morgan fingerprint density at radius 3 is 2.39 bits per heavy atom. The fraction of sp³-hybridized carbons (Fsp3) is 0.182. The summed E-state index contributed by atoms with van der Waals surface area (Å²) in [5.74, 6) is 0.537. The molecule has 5 rings (SSSR count). The Hall–Kier alpha value is -3.92. The summed E-state index contributed by atoms with van der Waals surface area (Å²) in [6, 6.07) is 17.4. The molecular formula is C22H16N6O2S. The van der Waals surface area contributed by atoms with Crippen molar-refractivity contribution in [3.8, 4) is 28.3 Å². The molecular weight excluding hydrogens is 412 g/mol. The zero-order valence-corrected chi connectivity index (χ0v) is 17.2. The Morgan fingerprint density at radius 1 is 1.00 bits per heavy atom. The van der Waals surface area contributed by atoms with Crippen molar-refractivity contribution in [1.82, 2.24) is 14.2 Å². The maximum absolute atomic E-state index is 13.3. The van der Waals surface area contributed by atoms with E-state index >= 15 is 0 Å². The van der Waals surface area contributed by atoms with Gasteiger partial charge < -0.3 is 9.64 Å². The highest BCUT2D eigenvalue weighted by Crippen LogP contribution is 2.34. The Morgan fingerprint density at radius 2 is 1.74 bits per heavy atom. The SMILES string of the molecule is N#Cc1c(-c2cccs2)c(C#N)c2n(-c3ccccc3)c(N3CCOCC3)nn2c1=O. The molecule has 3 aromatic heterocycles. The maximum atomic E-state index is 13.3. The van der Waals surface area contributed by atoms with Crippen LogP contribution in [-0.2, 0) is 4.74 Å². The number of fused-ring (bicyclic) bond motifs is 1. The monoisotopic (exact) mass is 428 g/mol. The third-order valence-corrected chi connectivity index (χ3v) is 6.12. The number of morpholine rings is 1. The number of hydrogen-bond donors (Lipinski definition) is 0. The zero-order valence-electron chi connectivity index (χ0n) is 16.4. The van der Waals surface area contributed by atoms with Gasteiger partial charge in [-0.05, 0) is 23.6 Å². The Bertz CT molecular complexity index is 1400. The highest BCUT2D eigenvalue weighted by molar-refractivity contribution is 7.13. The van der Waals surface area contributed by atoms with Crippen LogP contribution in [0.15, 0.2) is 52.6 Å². The molecule has 0 N–H and O–H groups in total. The fourth-order valence-corrected chi connectivity index (χ4v) is 4.62. The number of nitrogens with zero attached hydrogens (tertiary/aromatic N) is 6. The van der Waals surface area contributed by atoms with Crippen LogP contribution in [0, 0.1) is 22.7 Å². The summed E-state index contributed by atoms with van der Waals surface area (Å²) in [7, 11) is 0. The average molecular weight is 428 g/mol. The molecule has 4 aromatic rings. The second-order valence-corrected chi connectivity index (χ2v) is 7.88. The number of pyridine rings is 1. The number of ether oxygens (including phenoxy) is 1. The van der Waals surface area contributed by atoms with Gasteiger partial charge in [0.25, 0.3) is 5.56 Å². The van der Waals surface area contributed by atoms with Crippen molar-refractivity contribution in [2.24, 2.45) is 0 Å². The molecule has 1 fully saturated rings. The quantitative estimate of drug-likeness (QED) is 0.498. The van der Waals surface area contributed by atoms with Crippen LogP contribution in [0.2, 0.25) is 0 Å². The van der Waals surface area contributed by atoms with Crippen LogP contribution in [0.25, 0.3) is 21.8 Å². The molecule has 4 heterocycles. The molecule has 1 aliphatic rings. The van der Waals surface area contributed by atoms with Gasteiger partial charge in [0, 0.05) is 23.5 Å². The number of thiophene rings is 1. The topological polar surface area (TPSA) is 99.3 Å². The molecule has 1 aromatic carbocycles. The summed E-state index contributed by atoms with van der Waals surface area (Å²) in [6.45, 7) is 2.30. The molecule has 8 nitrogen and oxygen atoms in total. The van der Waals surface area contributed by atoms with E-state index in [1.165, 1.54) is 15.9 Å². The van der Waals surface area contributed by atoms with Gasteiger partial charge in [-0.3, -0.25) is 9.36 Å². The predicted molar refractivity (Wildman–Crippen MR) is 117 cm³/mol. The molecule has 0 radical (unpaired) electrons. The summed E-state index contributed by atoms with van der Waals surface area (Å²) in [6.07, 6.45) is 0. The molecule has 9 heteroatoms. The van der Waals surface area contributed by atoms with E-state index in [1.807, 2.05) is 63.4 Å². The Balaban J connectivity index is 1.95. The first kappa shape index (κ1) is 19.1. The molecule has 0 amide bonds. The Kier molecular flexibility index (Phi) is 4.75. The lowest BCUT2D eigenvalue weighted by Gasteiger charge is -2.27. The maximum Gasteiger partial charge on any atom is 0.291 e. The van der Waals surface area contributed by atoms with Crippen molar-refractivity contribution in [2.75, 3.05) is 31.2 Å². The Labute approximate surface area is 181 Å². The van der Waals surface area contributed by atoms with Gasteiger partial charge in [-0.25, -0.2) is 0 Å². The number of hydrogen-bond acceptors (Lipinski definition) is 7. The third kappa shape index (κ3) is 2.99. The van der Waals surface area contributed by atoms with Crippen LogP contribution < -0.4 is 10.5 Å². The van der Waals surface area contributed by atoms with Crippen LogP contribution >= 0.6 is 11.3 Å². The van der Waals surface area contributed by atoms with Crippen LogP contribution in [-0.4, -0.2) is 40.5 Å². The highest BCUT2D eigenvalue weighted by Gasteiger charge is 2.28. The molecule has 152 valence electrons. The lowest BCUT2D eigenvalue weighted by atomic mass is 10.0. The highest BCUT2D eigenvalue weighted by atomic mass is 32.1. The first-order chi connectivity index (χ1) is 15.2. The molecule has 0 saturated carbocycles. The average Bonchev–Trinajstić information content (AvgIpc) is 3.49. The molecule has 0 unspecified atom stereocenters. The predicted octanol–water partition coefficient (Wildman–Crippen LogP) is 2.79. The van der Waals surface area contributed by atoms with Crippen LogP contribution in [0.3, 0.4) is 0 Å². The van der Waals surface area contributed by atoms with E-state index in [9.17, 15) is 15.3 Å². The van der Waals surface area contributed by atoms with Gasteiger partial charge in [0.1, 0.15) is 23.3 Å². The molecule has 0 spiro atoms. The van der Waals surface area contributed by atoms with Gasteiger partial charge in [-0.15, -0.1) is 16.4 Å². The van der Waals surface area contributed by atoms with Crippen molar-refractivity contribution in [2.45, 2.75) is 0 Å². The van der Waals surface area contributed by atoms with Crippen molar-refractivity contribution in [1.29, 1.82) is 10.5 Å². The summed E-state index contributed by atoms with van der Waals surface area (Å²) < 4.78 is 8.48. The molecule has 1 saturated heterocycles. The van der Waals surface area contributed by atoms with E-state index in [0.29, 0.717) is 48.3 Å². The molecule has 0 bridgehead atoms. The van der Waals surface area contributed by atoms with E-state index in [0.717, 1.165) is 5.69 Å². The minimum Gasteiger partial charge on any atom is -0.378 e. The number of para-hydroxylation sites is 1. The summed E-state index contributed by atoms with van der Waals surface area (Å²) in [4.78, 5) is 16.1. The number of rotatable bonds is 3. The van der Waals surface area contributed by atoms with E-state index in [4.69, 9.17) is 4.74 Å². The van der Waals surface area contributed by atoms with E-state index in [-0.39, 0.29) is 11.1 Å². The van der Waals surface area contributed by atoms with E-state index < -0.39 is 5.56 Å². The second kappa shape index (κ2) is 7.73. The van der Waals surface area contributed by atoms with E-state index in [2.05, 4.69) is 11.2 Å². The third-order valence-electron chi connectivity index (χ3n) is 5.23. The van der Waals surface area contributed by atoms with Crippen molar-refractivity contribution in [3.05, 3.63) is 69.3 Å². The summed E-state index contributed by atoms with van der Waals surface area (Å²) in [5, 5.41) is 26.4. The minimum atomic E-state index is -0.538. The number of aromatic nitrogens is 3. The molecule has 0 atom stereocenters. The van der Waals surface area contributed by atoms with E-state index in [1.54, 1.807) is 0 Å². The van der Waals surface area contributed by atoms with Crippen LogP contribution in [0.5, 0.6) is 0 Å². The smallest absolute Gasteiger partial charge is 0.291 e. The first-order valence-corrected chi connectivity index (χ1v) is 10.6. The lowest BCUT2D eigenvalue weighted by Crippen LogP contribution is -2.38. The van der Waals surface area contributed by atoms with Gasteiger partial charge >= 0.3 is 0 Å². The summed E-state index contributed by atoms with van der Waals surface area (Å²) >= 11 is 1.38. The zero-order chi connectivity index (χ0) is 21.4. The number of nitriles is 2. The van der Waals surface area contributed by atoms with Gasteiger partial charge in [-0.1, -0.05) is 24.3 Å². The number of benzene rings is 1.